The van der Waals surface area contributed by atoms with E-state index >= 15 is 0 Å². The first kappa shape index (κ1) is 18.2. The van der Waals surface area contributed by atoms with Crippen molar-refractivity contribution in [2.24, 2.45) is 0 Å². The minimum absolute atomic E-state index is 0.0408. The Morgan fingerprint density at radius 3 is 2.44 bits per heavy atom. The van der Waals surface area contributed by atoms with Crippen LogP contribution in [0, 0.1) is 0 Å². The summed E-state index contributed by atoms with van der Waals surface area (Å²) in [5.41, 5.74) is 3.83. The largest absolute Gasteiger partial charge is 0.482 e. The van der Waals surface area contributed by atoms with Crippen LogP contribution in [-0.4, -0.2) is 31.0 Å². The number of para-hydroxylation sites is 1. The van der Waals surface area contributed by atoms with Gasteiger partial charge in [0.2, 0.25) is 0 Å². The second-order valence-electron chi connectivity index (χ2n) is 5.64. The van der Waals surface area contributed by atoms with Gasteiger partial charge in [0.05, 0.1) is 12.3 Å². The smallest absolute Gasteiger partial charge is 0.344 e. The number of anilines is 1. The molecule has 0 aromatic heterocycles. The Hall–Kier alpha value is -3.61. The molecule has 2 aromatic carbocycles. The normalized spacial score (nSPS) is 15.0. The van der Waals surface area contributed by atoms with Crippen LogP contribution in [0.5, 0.6) is 5.75 Å². The van der Waals surface area contributed by atoms with E-state index in [1.54, 1.807) is 55.5 Å². The van der Waals surface area contributed by atoms with E-state index in [2.05, 4.69) is 5.43 Å². The lowest BCUT2D eigenvalue weighted by molar-refractivity contribution is -0.145. The van der Waals surface area contributed by atoms with E-state index in [0.29, 0.717) is 23.6 Å². The highest BCUT2D eigenvalue weighted by molar-refractivity contribution is 6.31. The standard InChI is InChI=1S/C20H18N2O5/c1-2-26-18(23)13-27-16-10-8-14(9-11-16)12-17-19(24)21-22(20(17)25)15-6-4-3-5-7-15/h3-12H,2,13H2,1H3,(H,21,24)/b17-12-. The lowest BCUT2D eigenvalue weighted by Crippen LogP contribution is -2.35. The average Bonchev–Trinajstić information content (AvgIpc) is 2.96. The minimum atomic E-state index is -0.466. The maximum Gasteiger partial charge on any atom is 0.344 e. The van der Waals surface area contributed by atoms with Gasteiger partial charge in [0.1, 0.15) is 11.3 Å². The quantitative estimate of drug-likeness (QED) is 0.481. The molecule has 2 aromatic rings. The zero-order valence-corrected chi connectivity index (χ0v) is 14.7. The molecule has 0 unspecified atom stereocenters. The van der Waals surface area contributed by atoms with Crippen molar-refractivity contribution < 1.29 is 23.9 Å². The number of amides is 2. The van der Waals surface area contributed by atoms with Crippen molar-refractivity contribution >= 4 is 29.5 Å². The van der Waals surface area contributed by atoms with Crippen LogP contribution in [0.1, 0.15) is 12.5 Å². The second-order valence-corrected chi connectivity index (χ2v) is 5.64. The first-order chi connectivity index (χ1) is 13.1. The van der Waals surface area contributed by atoms with Crippen molar-refractivity contribution in [3.05, 3.63) is 65.7 Å². The van der Waals surface area contributed by atoms with Crippen LogP contribution in [0.25, 0.3) is 6.08 Å². The van der Waals surface area contributed by atoms with E-state index in [9.17, 15) is 14.4 Å². The Morgan fingerprint density at radius 2 is 1.78 bits per heavy atom. The summed E-state index contributed by atoms with van der Waals surface area (Å²) in [6.45, 7) is 1.84. The van der Waals surface area contributed by atoms with Crippen LogP contribution in [-0.2, 0) is 19.1 Å². The van der Waals surface area contributed by atoms with Crippen LogP contribution in [0.2, 0.25) is 0 Å². The van der Waals surface area contributed by atoms with Crippen molar-refractivity contribution in [3.63, 3.8) is 0 Å². The molecule has 0 bridgehead atoms. The van der Waals surface area contributed by atoms with Gasteiger partial charge >= 0.3 is 5.97 Å². The molecular weight excluding hydrogens is 348 g/mol. The molecule has 0 saturated carbocycles. The van der Waals surface area contributed by atoms with E-state index in [0.717, 1.165) is 0 Å². The summed E-state index contributed by atoms with van der Waals surface area (Å²) < 4.78 is 10.1. The Kier molecular flexibility index (Phi) is 5.51. The summed E-state index contributed by atoms with van der Waals surface area (Å²) in [6.07, 6.45) is 1.51. The van der Waals surface area contributed by atoms with Crippen molar-refractivity contribution in [3.8, 4) is 5.75 Å². The molecule has 0 radical (unpaired) electrons. The number of nitrogens with zero attached hydrogens (tertiary/aromatic N) is 1. The zero-order valence-electron chi connectivity index (χ0n) is 14.7. The predicted octanol–water partition coefficient (Wildman–Crippen LogP) is 2.09. The highest BCUT2D eigenvalue weighted by Gasteiger charge is 2.34. The molecule has 1 aliphatic heterocycles. The molecule has 1 aliphatic rings. The molecule has 2 amide bonds. The van der Waals surface area contributed by atoms with Gasteiger partial charge < -0.3 is 9.47 Å². The third-order valence-corrected chi connectivity index (χ3v) is 3.76. The molecule has 1 heterocycles. The van der Waals surface area contributed by atoms with Gasteiger partial charge in [0.15, 0.2) is 6.61 Å². The molecule has 0 aliphatic carbocycles. The van der Waals surface area contributed by atoms with Crippen molar-refractivity contribution in [1.29, 1.82) is 0 Å². The number of rotatable bonds is 6. The maximum atomic E-state index is 12.5. The first-order valence-electron chi connectivity index (χ1n) is 8.39. The van der Waals surface area contributed by atoms with E-state index in [1.807, 2.05) is 6.07 Å². The number of hydrogen-bond donors (Lipinski definition) is 1. The molecule has 138 valence electrons. The third-order valence-electron chi connectivity index (χ3n) is 3.76. The summed E-state index contributed by atoms with van der Waals surface area (Å²) >= 11 is 0. The van der Waals surface area contributed by atoms with Gasteiger partial charge in [-0.25, -0.2) is 9.80 Å². The highest BCUT2D eigenvalue weighted by Crippen LogP contribution is 2.22. The second kappa shape index (κ2) is 8.18. The topological polar surface area (TPSA) is 84.9 Å². The first-order valence-corrected chi connectivity index (χ1v) is 8.39. The Labute approximate surface area is 156 Å². The van der Waals surface area contributed by atoms with E-state index in [4.69, 9.17) is 9.47 Å². The SMILES string of the molecule is CCOC(=O)COc1ccc(/C=C2/C(=O)NN(c3ccccc3)C2=O)cc1. The molecule has 1 saturated heterocycles. The monoisotopic (exact) mass is 366 g/mol. The highest BCUT2D eigenvalue weighted by atomic mass is 16.6. The number of benzene rings is 2. The van der Waals surface area contributed by atoms with E-state index in [1.165, 1.54) is 11.1 Å². The summed E-state index contributed by atoms with van der Waals surface area (Å²) in [6, 6.07) is 15.5. The van der Waals surface area contributed by atoms with Crippen LogP contribution in [0.15, 0.2) is 60.2 Å². The number of carbonyl (C=O) groups is 3. The van der Waals surface area contributed by atoms with Gasteiger partial charge in [-0.05, 0) is 42.8 Å². The average molecular weight is 366 g/mol. The fraction of sp³-hybridized carbons (Fsp3) is 0.150. The molecule has 7 nitrogen and oxygen atoms in total. The molecule has 0 atom stereocenters. The fourth-order valence-corrected chi connectivity index (χ4v) is 2.49. The molecule has 1 N–H and O–H groups in total. The van der Waals surface area contributed by atoms with Gasteiger partial charge in [0, 0.05) is 0 Å². The fourth-order valence-electron chi connectivity index (χ4n) is 2.49. The van der Waals surface area contributed by atoms with Gasteiger partial charge in [-0.1, -0.05) is 30.3 Å². The van der Waals surface area contributed by atoms with Crippen molar-refractivity contribution in [2.45, 2.75) is 6.92 Å². The molecule has 3 rings (SSSR count). The molecule has 27 heavy (non-hydrogen) atoms. The molecule has 1 fully saturated rings. The summed E-state index contributed by atoms with van der Waals surface area (Å²) in [7, 11) is 0. The van der Waals surface area contributed by atoms with Crippen LogP contribution in [0.3, 0.4) is 0 Å². The number of hydrogen-bond acceptors (Lipinski definition) is 5. The van der Waals surface area contributed by atoms with E-state index < -0.39 is 17.8 Å². The van der Waals surface area contributed by atoms with Crippen LogP contribution >= 0.6 is 0 Å². The third kappa shape index (κ3) is 4.33. The lowest BCUT2D eigenvalue weighted by Gasteiger charge is -2.13. The Morgan fingerprint density at radius 1 is 1.07 bits per heavy atom. The van der Waals surface area contributed by atoms with Crippen LogP contribution < -0.4 is 15.2 Å². The van der Waals surface area contributed by atoms with Crippen LogP contribution in [0.4, 0.5) is 5.69 Å². The summed E-state index contributed by atoms with van der Waals surface area (Å²) in [4.78, 5) is 36.0. The zero-order chi connectivity index (χ0) is 19.2. The van der Waals surface area contributed by atoms with Gasteiger partial charge in [-0.3, -0.25) is 15.0 Å². The van der Waals surface area contributed by atoms with Crippen molar-refractivity contribution in [2.75, 3.05) is 18.2 Å². The maximum absolute atomic E-state index is 12.5. The lowest BCUT2D eigenvalue weighted by atomic mass is 10.1. The minimum Gasteiger partial charge on any atom is -0.482 e. The summed E-state index contributed by atoms with van der Waals surface area (Å²) in [5, 5.41) is 1.21. The van der Waals surface area contributed by atoms with Crippen molar-refractivity contribution in [1.82, 2.24) is 5.43 Å². The number of esters is 1. The van der Waals surface area contributed by atoms with Gasteiger partial charge in [-0.15, -0.1) is 0 Å². The van der Waals surface area contributed by atoms with E-state index in [-0.39, 0.29) is 12.2 Å². The Bertz CT molecular complexity index is 875. The number of ether oxygens (including phenoxy) is 2. The molecule has 0 spiro atoms. The Balaban J connectivity index is 1.70. The van der Waals surface area contributed by atoms with Gasteiger partial charge in [0.25, 0.3) is 11.8 Å². The number of hydrazine groups is 1. The summed E-state index contributed by atoms with van der Waals surface area (Å²) in [5.74, 6) is -0.850. The predicted molar refractivity (Wildman–Crippen MR) is 98.6 cm³/mol. The molecule has 7 heteroatoms. The molecular formula is C20H18N2O5. The number of carbonyl (C=O) groups excluding carboxylic acids is 3. The van der Waals surface area contributed by atoms with Gasteiger partial charge in [-0.2, -0.15) is 0 Å². The number of nitrogens with one attached hydrogen (secondary N) is 1.